The molecule has 2 rings (SSSR count). The van der Waals surface area contributed by atoms with Crippen LogP contribution in [0, 0.1) is 0 Å². The second-order valence-corrected chi connectivity index (χ2v) is 5.63. The number of halogens is 3. The molecule has 2 aromatic rings. The number of hydrogen-bond acceptors (Lipinski definition) is 4. The number of alkyl halides is 3. The zero-order valence-corrected chi connectivity index (χ0v) is 15.6. The van der Waals surface area contributed by atoms with Crippen molar-refractivity contribution in [2.75, 3.05) is 19.8 Å². The predicted octanol–water partition coefficient (Wildman–Crippen LogP) is 3.19. The zero-order valence-electron chi connectivity index (χ0n) is 15.6. The highest BCUT2D eigenvalue weighted by Crippen LogP contribution is 2.36. The number of amidine groups is 1. The molecule has 0 aliphatic carbocycles. The molecule has 0 bridgehead atoms. The summed E-state index contributed by atoms with van der Waals surface area (Å²) in [6, 6.07) is 5.18. The van der Waals surface area contributed by atoms with Crippen molar-refractivity contribution in [3.63, 3.8) is 0 Å². The molecule has 0 radical (unpaired) electrons. The standard InChI is InChI=1S/C16H18F3N5O.C2H6/c1-24(2)13(16(17,18)19)9-3-5-10(6-4-9)23-14(21)12-11(20)7-8-22-15(12)25;1-2/h3-8,13H,1-2H3,(H2,21,23)(H3,20,22,25);1-2H3. The van der Waals surface area contributed by atoms with Crippen LogP contribution in [0.15, 0.2) is 46.3 Å². The number of nitrogens with two attached hydrogens (primary N) is 2. The lowest BCUT2D eigenvalue weighted by atomic mass is 10.1. The van der Waals surface area contributed by atoms with Gasteiger partial charge in [0.2, 0.25) is 0 Å². The Kier molecular flexibility index (Phi) is 7.59. The van der Waals surface area contributed by atoms with Gasteiger partial charge in [-0.15, -0.1) is 0 Å². The van der Waals surface area contributed by atoms with Gasteiger partial charge < -0.3 is 16.5 Å². The first kappa shape index (κ1) is 22.2. The Morgan fingerprint density at radius 2 is 1.70 bits per heavy atom. The molecule has 0 fully saturated rings. The second kappa shape index (κ2) is 9.22. The minimum Gasteiger partial charge on any atom is -0.398 e. The Hall–Kier alpha value is -2.81. The molecule has 1 atom stereocenters. The summed E-state index contributed by atoms with van der Waals surface area (Å²) in [6.45, 7) is 4.00. The zero-order chi connectivity index (χ0) is 20.8. The molecule has 148 valence electrons. The fourth-order valence-corrected chi connectivity index (χ4v) is 2.46. The molecule has 0 aliphatic rings. The minimum absolute atomic E-state index is 0.0213. The highest BCUT2D eigenvalue weighted by atomic mass is 19.4. The van der Waals surface area contributed by atoms with Crippen molar-refractivity contribution in [2.24, 2.45) is 10.7 Å². The van der Waals surface area contributed by atoms with E-state index in [1.807, 2.05) is 13.8 Å². The number of hydrogen-bond donors (Lipinski definition) is 3. The van der Waals surface area contributed by atoms with Crippen molar-refractivity contribution in [1.82, 2.24) is 9.88 Å². The van der Waals surface area contributed by atoms with Crippen LogP contribution in [0.25, 0.3) is 0 Å². The lowest BCUT2D eigenvalue weighted by Gasteiger charge is -2.27. The maximum atomic E-state index is 13.1. The summed E-state index contributed by atoms with van der Waals surface area (Å²) in [6.07, 6.45) is -3.03. The number of H-pyrrole nitrogens is 1. The van der Waals surface area contributed by atoms with Crippen LogP contribution >= 0.6 is 0 Å². The number of aliphatic imine (C=N–C) groups is 1. The van der Waals surface area contributed by atoms with Gasteiger partial charge in [0.25, 0.3) is 5.56 Å². The van der Waals surface area contributed by atoms with Gasteiger partial charge in [-0.2, -0.15) is 13.2 Å². The third-order valence-electron chi connectivity index (χ3n) is 3.53. The highest BCUT2D eigenvalue weighted by Gasteiger charge is 2.42. The Balaban J connectivity index is 0.00000176. The lowest BCUT2D eigenvalue weighted by Crippen LogP contribution is -2.33. The molecule has 1 aromatic heterocycles. The van der Waals surface area contributed by atoms with Gasteiger partial charge in [0.1, 0.15) is 17.4 Å². The number of anilines is 1. The van der Waals surface area contributed by atoms with Gasteiger partial charge in [-0.05, 0) is 37.9 Å². The van der Waals surface area contributed by atoms with E-state index >= 15 is 0 Å². The molecule has 1 heterocycles. The molecule has 1 unspecified atom stereocenters. The van der Waals surface area contributed by atoms with E-state index in [0.29, 0.717) is 5.69 Å². The van der Waals surface area contributed by atoms with Crippen LogP contribution in [-0.2, 0) is 0 Å². The Labute approximate surface area is 155 Å². The van der Waals surface area contributed by atoms with Gasteiger partial charge in [0, 0.05) is 11.9 Å². The van der Waals surface area contributed by atoms with Crippen LogP contribution in [0.2, 0.25) is 0 Å². The van der Waals surface area contributed by atoms with Crippen LogP contribution in [0.1, 0.15) is 31.0 Å². The average Bonchev–Trinajstić information content (AvgIpc) is 2.56. The van der Waals surface area contributed by atoms with E-state index in [1.54, 1.807) is 0 Å². The first-order valence-electron chi connectivity index (χ1n) is 8.26. The van der Waals surface area contributed by atoms with Gasteiger partial charge in [-0.25, -0.2) is 4.99 Å². The van der Waals surface area contributed by atoms with Crippen LogP contribution in [0.5, 0.6) is 0 Å². The Morgan fingerprint density at radius 1 is 1.15 bits per heavy atom. The van der Waals surface area contributed by atoms with Crippen molar-refractivity contribution in [2.45, 2.75) is 26.1 Å². The van der Waals surface area contributed by atoms with E-state index in [2.05, 4.69) is 9.98 Å². The number of aromatic amines is 1. The van der Waals surface area contributed by atoms with E-state index in [-0.39, 0.29) is 22.6 Å². The van der Waals surface area contributed by atoms with Gasteiger partial charge in [0.05, 0.1) is 5.69 Å². The summed E-state index contributed by atoms with van der Waals surface area (Å²) in [5.41, 5.74) is 11.6. The number of pyridine rings is 1. The first-order chi connectivity index (χ1) is 12.6. The Bertz CT molecular complexity index is 826. The van der Waals surface area contributed by atoms with E-state index < -0.39 is 17.8 Å². The monoisotopic (exact) mass is 383 g/mol. The summed E-state index contributed by atoms with van der Waals surface area (Å²) in [4.78, 5) is 19.3. The van der Waals surface area contributed by atoms with Crippen molar-refractivity contribution in [3.8, 4) is 0 Å². The number of benzene rings is 1. The fourth-order valence-electron chi connectivity index (χ4n) is 2.46. The average molecular weight is 383 g/mol. The first-order valence-corrected chi connectivity index (χ1v) is 8.26. The smallest absolute Gasteiger partial charge is 0.398 e. The van der Waals surface area contributed by atoms with Crippen LogP contribution in [-0.4, -0.2) is 36.0 Å². The quantitative estimate of drug-likeness (QED) is 0.558. The van der Waals surface area contributed by atoms with Gasteiger partial charge in [-0.3, -0.25) is 9.69 Å². The van der Waals surface area contributed by atoms with Crippen LogP contribution in [0.4, 0.5) is 24.5 Å². The SMILES string of the molecule is CC.CN(C)C(c1ccc(N=C(N)c2c(N)cc[nH]c2=O)cc1)C(F)(F)F. The van der Waals surface area contributed by atoms with E-state index in [9.17, 15) is 18.0 Å². The molecule has 0 saturated carbocycles. The summed E-state index contributed by atoms with van der Waals surface area (Å²) >= 11 is 0. The third-order valence-corrected chi connectivity index (χ3v) is 3.53. The molecular weight excluding hydrogens is 359 g/mol. The number of nitrogen functional groups attached to an aromatic ring is 1. The van der Waals surface area contributed by atoms with Gasteiger partial charge >= 0.3 is 6.18 Å². The van der Waals surface area contributed by atoms with Crippen LogP contribution < -0.4 is 17.0 Å². The predicted molar refractivity (Wildman–Crippen MR) is 102 cm³/mol. The van der Waals surface area contributed by atoms with Crippen molar-refractivity contribution >= 4 is 17.2 Å². The maximum absolute atomic E-state index is 13.1. The number of aromatic nitrogens is 1. The maximum Gasteiger partial charge on any atom is 0.408 e. The molecule has 1 aromatic carbocycles. The third kappa shape index (κ3) is 5.58. The summed E-state index contributed by atoms with van der Waals surface area (Å²) in [5, 5.41) is 0. The molecule has 27 heavy (non-hydrogen) atoms. The van der Waals surface area contributed by atoms with Gasteiger partial charge in [-0.1, -0.05) is 26.0 Å². The largest absolute Gasteiger partial charge is 0.408 e. The number of nitrogens with one attached hydrogen (secondary N) is 1. The van der Waals surface area contributed by atoms with Crippen LogP contribution in [0.3, 0.4) is 0 Å². The summed E-state index contributed by atoms with van der Waals surface area (Å²) in [5.74, 6) is -0.118. The van der Waals surface area contributed by atoms with E-state index in [1.165, 1.54) is 50.6 Å². The molecule has 5 N–H and O–H groups in total. The highest BCUT2D eigenvalue weighted by molar-refractivity contribution is 6.02. The molecule has 0 saturated heterocycles. The van der Waals surface area contributed by atoms with Crippen molar-refractivity contribution < 1.29 is 13.2 Å². The molecule has 0 aliphatic heterocycles. The second-order valence-electron chi connectivity index (χ2n) is 5.63. The summed E-state index contributed by atoms with van der Waals surface area (Å²) in [7, 11) is 2.71. The fraction of sp³-hybridized carbons (Fsp3) is 0.333. The van der Waals surface area contributed by atoms with Crippen molar-refractivity contribution in [1.29, 1.82) is 0 Å². The molecular formula is C18H24F3N5O. The van der Waals surface area contributed by atoms with E-state index in [0.717, 1.165) is 4.90 Å². The minimum atomic E-state index is -4.40. The van der Waals surface area contributed by atoms with Crippen molar-refractivity contribution in [3.05, 3.63) is 58.0 Å². The number of nitrogens with zero attached hydrogens (tertiary/aromatic N) is 2. The van der Waals surface area contributed by atoms with E-state index in [4.69, 9.17) is 11.5 Å². The molecule has 0 amide bonds. The topological polar surface area (TPSA) is 100 Å². The normalized spacial score (nSPS) is 13.1. The Morgan fingerprint density at radius 3 is 2.15 bits per heavy atom. The molecule has 9 heteroatoms. The molecule has 6 nitrogen and oxygen atoms in total. The molecule has 0 spiro atoms. The summed E-state index contributed by atoms with van der Waals surface area (Å²) < 4.78 is 39.4. The van der Waals surface area contributed by atoms with Gasteiger partial charge in [0.15, 0.2) is 0 Å². The number of rotatable bonds is 4. The lowest BCUT2D eigenvalue weighted by molar-refractivity contribution is -0.179.